The van der Waals surface area contributed by atoms with Gasteiger partial charge in [-0.15, -0.1) is 0 Å². The summed E-state index contributed by atoms with van der Waals surface area (Å²) in [6.45, 7) is 4.62. The molecule has 1 atom stereocenters. The second-order valence-electron chi connectivity index (χ2n) is 12.7. The van der Waals surface area contributed by atoms with Gasteiger partial charge in [0.25, 0.3) is 0 Å². The molecule has 0 radical (unpaired) electrons. The first kappa shape index (κ1) is 44.6. The minimum absolute atomic E-state index is 0. The molecular formula is C35H71KO4S. The summed E-state index contributed by atoms with van der Waals surface area (Å²) in [5.41, 5.74) is 0. The average Bonchev–Trinajstić information content (AvgIpc) is 2.93. The third-order valence-electron chi connectivity index (χ3n) is 8.63. The molecule has 0 aliphatic carbocycles. The Morgan fingerprint density at radius 2 is 0.659 bits per heavy atom. The molecule has 0 rings (SSSR count). The Labute approximate surface area is 301 Å². The largest absolute Gasteiger partial charge is 1.00 e. The van der Waals surface area contributed by atoms with E-state index in [0.717, 1.165) is 25.7 Å². The van der Waals surface area contributed by atoms with Crippen molar-refractivity contribution in [3.63, 3.8) is 0 Å². The van der Waals surface area contributed by atoms with Crippen LogP contribution in [-0.2, 0) is 14.6 Å². The Hall–Kier alpha value is 1.51. The fourth-order valence-corrected chi connectivity index (χ4v) is 6.28. The smallest absolute Gasteiger partial charge is 0.726 e. The molecule has 0 N–H and O–H groups in total. The third kappa shape index (κ3) is 39.5. The van der Waals surface area contributed by atoms with Gasteiger partial charge in [-0.05, 0) is 18.8 Å². The molecule has 0 fully saturated rings. The molecule has 0 saturated heterocycles. The van der Waals surface area contributed by atoms with Gasteiger partial charge >= 0.3 is 51.4 Å². The van der Waals surface area contributed by atoms with Gasteiger partial charge in [-0.3, -0.25) is 4.18 Å². The van der Waals surface area contributed by atoms with Gasteiger partial charge in [-0.25, -0.2) is 8.42 Å². The van der Waals surface area contributed by atoms with Gasteiger partial charge in [-0.1, -0.05) is 200 Å². The van der Waals surface area contributed by atoms with Gasteiger partial charge in [0.05, 0.1) is 6.61 Å². The van der Waals surface area contributed by atoms with Crippen LogP contribution in [0.2, 0.25) is 0 Å². The van der Waals surface area contributed by atoms with Gasteiger partial charge in [-0.2, -0.15) is 0 Å². The Balaban J connectivity index is 0. The van der Waals surface area contributed by atoms with E-state index in [1.54, 1.807) is 0 Å². The Morgan fingerprint density at radius 1 is 0.439 bits per heavy atom. The van der Waals surface area contributed by atoms with E-state index in [4.69, 9.17) is 0 Å². The molecule has 41 heavy (non-hydrogen) atoms. The van der Waals surface area contributed by atoms with Gasteiger partial charge in [0.15, 0.2) is 0 Å². The first-order valence-electron chi connectivity index (χ1n) is 18.1. The summed E-state index contributed by atoms with van der Waals surface area (Å²) in [5, 5.41) is 0. The molecule has 0 amide bonds. The second-order valence-corrected chi connectivity index (χ2v) is 13.7. The minimum Gasteiger partial charge on any atom is -0.726 e. The van der Waals surface area contributed by atoms with E-state index in [-0.39, 0.29) is 63.9 Å². The van der Waals surface area contributed by atoms with E-state index in [0.29, 0.717) is 0 Å². The molecule has 4 nitrogen and oxygen atoms in total. The zero-order valence-corrected chi connectivity index (χ0v) is 32.2. The fourth-order valence-electron chi connectivity index (χ4n) is 5.92. The van der Waals surface area contributed by atoms with Crippen LogP contribution in [0.25, 0.3) is 0 Å². The van der Waals surface area contributed by atoms with Gasteiger partial charge < -0.3 is 4.55 Å². The van der Waals surface area contributed by atoms with Crippen LogP contribution in [0, 0.1) is 5.92 Å². The van der Waals surface area contributed by atoms with Crippen molar-refractivity contribution in [3.8, 4) is 0 Å². The summed E-state index contributed by atoms with van der Waals surface area (Å²) >= 11 is 0. The number of hydrogen-bond donors (Lipinski definition) is 0. The predicted molar refractivity (Wildman–Crippen MR) is 174 cm³/mol. The molecule has 242 valence electrons. The zero-order chi connectivity index (χ0) is 29.4. The van der Waals surface area contributed by atoms with Crippen molar-refractivity contribution in [2.24, 2.45) is 5.92 Å². The zero-order valence-electron chi connectivity index (χ0n) is 28.2. The summed E-state index contributed by atoms with van der Waals surface area (Å²) in [5.74, 6) is 0.197. The van der Waals surface area contributed by atoms with Crippen molar-refractivity contribution in [1.29, 1.82) is 0 Å². The van der Waals surface area contributed by atoms with Crippen molar-refractivity contribution in [1.82, 2.24) is 0 Å². The number of rotatable bonds is 34. The van der Waals surface area contributed by atoms with Crippen LogP contribution >= 0.6 is 0 Å². The first-order valence-corrected chi connectivity index (χ1v) is 19.4. The molecule has 6 heteroatoms. The van der Waals surface area contributed by atoms with Gasteiger partial charge in [0.2, 0.25) is 10.4 Å². The van der Waals surface area contributed by atoms with E-state index in [9.17, 15) is 13.0 Å². The van der Waals surface area contributed by atoms with E-state index >= 15 is 0 Å². The fraction of sp³-hybridized carbons (Fsp3) is 1.00. The number of unbranched alkanes of at least 4 members (excludes halogenated alkanes) is 27. The molecule has 0 aliphatic rings. The molecular weight excluding hydrogens is 556 g/mol. The van der Waals surface area contributed by atoms with Crippen molar-refractivity contribution >= 4 is 10.4 Å². The topological polar surface area (TPSA) is 66.4 Å². The van der Waals surface area contributed by atoms with Gasteiger partial charge in [0.1, 0.15) is 0 Å². The SMILES string of the molecule is CCCCCCCCCCCCCCCCCCCC(CCCCCCCCCCCCCC)COS(=O)(=O)[O-].[K+]. The van der Waals surface area contributed by atoms with Gasteiger partial charge in [0, 0.05) is 0 Å². The standard InChI is InChI=1S/C35H72O4S.K/c1-3-5-7-9-11-13-15-17-18-19-20-21-23-25-27-29-31-33-35(34-39-40(36,37)38)32-30-28-26-24-22-16-14-12-10-8-6-4-2;/h35H,3-34H2,1-2H3,(H,36,37,38);/q;+1/p-1. The quantitative estimate of drug-likeness (QED) is 0.0309. The van der Waals surface area contributed by atoms with E-state index in [1.807, 2.05) is 0 Å². The Kier molecular flexibility index (Phi) is 39.2. The molecule has 0 bridgehead atoms. The van der Waals surface area contributed by atoms with Crippen molar-refractivity contribution in [3.05, 3.63) is 0 Å². The first-order chi connectivity index (χ1) is 19.5. The van der Waals surface area contributed by atoms with E-state index < -0.39 is 10.4 Å². The maximum atomic E-state index is 11.0. The summed E-state index contributed by atoms with van der Waals surface area (Å²) in [4.78, 5) is 0. The van der Waals surface area contributed by atoms with E-state index in [2.05, 4.69) is 18.0 Å². The Morgan fingerprint density at radius 3 is 0.878 bits per heavy atom. The van der Waals surface area contributed by atoms with Crippen LogP contribution in [0.1, 0.15) is 213 Å². The van der Waals surface area contributed by atoms with Crippen LogP contribution in [0.5, 0.6) is 0 Å². The molecule has 0 saturated carbocycles. The van der Waals surface area contributed by atoms with Crippen LogP contribution < -0.4 is 51.4 Å². The number of hydrogen-bond acceptors (Lipinski definition) is 4. The Bertz CT molecular complexity index is 585. The molecule has 0 heterocycles. The molecule has 0 aromatic heterocycles. The maximum Gasteiger partial charge on any atom is 1.00 e. The normalized spacial score (nSPS) is 12.5. The predicted octanol–water partition coefficient (Wildman–Crippen LogP) is 9.22. The van der Waals surface area contributed by atoms with Crippen molar-refractivity contribution in [2.45, 2.75) is 213 Å². The summed E-state index contributed by atoms with van der Waals surface area (Å²) < 4.78 is 37.5. The molecule has 1 unspecified atom stereocenters. The van der Waals surface area contributed by atoms with E-state index in [1.165, 1.54) is 173 Å². The third-order valence-corrected chi connectivity index (χ3v) is 9.05. The summed E-state index contributed by atoms with van der Waals surface area (Å²) in [6.07, 6.45) is 41.0. The molecule has 0 aromatic carbocycles. The molecule has 0 aromatic rings. The summed E-state index contributed by atoms with van der Waals surface area (Å²) in [6, 6.07) is 0. The van der Waals surface area contributed by atoms with Crippen molar-refractivity contribution in [2.75, 3.05) is 6.61 Å². The van der Waals surface area contributed by atoms with Crippen molar-refractivity contribution < 1.29 is 68.5 Å². The van der Waals surface area contributed by atoms with Crippen LogP contribution in [-0.4, -0.2) is 19.6 Å². The second kappa shape index (κ2) is 36.0. The minimum atomic E-state index is -4.59. The maximum absolute atomic E-state index is 11.0. The molecule has 0 aliphatic heterocycles. The summed E-state index contributed by atoms with van der Waals surface area (Å²) in [7, 11) is -4.59. The monoisotopic (exact) mass is 626 g/mol. The van der Waals surface area contributed by atoms with Crippen LogP contribution in [0.3, 0.4) is 0 Å². The molecule has 0 spiro atoms. The average molecular weight is 627 g/mol. The van der Waals surface area contributed by atoms with Crippen LogP contribution in [0.4, 0.5) is 0 Å². The van der Waals surface area contributed by atoms with Crippen LogP contribution in [0.15, 0.2) is 0 Å².